The Morgan fingerprint density at radius 1 is 1.35 bits per heavy atom. The van der Waals surface area contributed by atoms with Crippen LogP contribution in [0.3, 0.4) is 0 Å². The SMILES string of the molecule is O=C(O)N1C[C@@H]2CC1CN2c1ccc(Cl)nn1. The fourth-order valence-electron chi connectivity index (χ4n) is 2.64. The van der Waals surface area contributed by atoms with Gasteiger partial charge in [-0.3, -0.25) is 0 Å². The molecular formula is C10H11ClN4O2. The molecule has 3 heterocycles. The van der Waals surface area contributed by atoms with Crippen LogP contribution in [0.15, 0.2) is 12.1 Å². The zero-order valence-corrected chi connectivity index (χ0v) is 9.71. The summed E-state index contributed by atoms with van der Waals surface area (Å²) >= 11 is 5.68. The number of anilines is 1. The number of aromatic nitrogens is 2. The van der Waals surface area contributed by atoms with Gasteiger partial charge in [0.15, 0.2) is 11.0 Å². The molecule has 3 rings (SSSR count). The maximum atomic E-state index is 10.9. The number of halogens is 1. The maximum absolute atomic E-state index is 10.9. The molecule has 2 fully saturated rings. The zero-order chi connectivity index (χ0) is 12.0. The van der Waals surface area contributed by atoms with E-state index >= 15 is 0 Å². The van der Waals surface area contributed by atoms with Gasteiger partial charge in [-0.25, -0.2) is 4.79 Å². The van der Waals surface area contributed by atoms with E-state index in [1.165, 1.54) is 4.90 Å². The lowest BCUT2D eigenvalue weighted by atomic mass is 10.2. The number of amides is 1. The number of hydrogen-bond acceptors (Lipinski definition) is 4. The highest BCUT2D eigenvalue weighted by Gasteiger charge is 2.45. The second-order valence-corrected chi connectivity index (χ2v) is 4.73. The Bertz CT molecular complexity index is 452. The molecule has 0 saturated carbocycles. The third kappa shape index (κ3) is 1.68. The molecule has 90 valence electrons. The minimum atomic E-state index is -0.834. The molecule has 0 radical (unpaired) electrons. The Morgan fingerprint density at radius 2 is 2.18 bits per heavy atom. The molecule has 0 spiro atoms. The average molecular weight is 255 g/mol. The third-order valence-corrected chi connectivity index (χ3v) is 3.60. The third-order valence-electron chi connectivity index (χ3n) is 3.40. The summed E-state index contributed by atoms with van der Waals surface area (Å²) in [7, 11) is 0. The van der Waals surface area contributed by atoms with Gasteiger partial charge in [0.25, 0.3) is 0 Å². The van der Waals surface area contributed by atoms with Gasteiger partial charge in [0, 0.05) is 13.1 Å². The molecule has 1 unspecified atom stereocenters. The Balaban J connectivity index is 1.78. The summed E-state index contributed by atoms with van der Waals surface area (Å²) in [6.07, 6.45) is 0.0377. The summed E-state index contributed by atoms with van der Waals surface area (Å²) in [5.41, 5.74) is 0. The van der Waals surface area contributed by atoms with Gasteiger partial charge in [-0.05, 0) is 18.6 Å². The normalized spacial score (nSPS) is 26.6. The number of carbonyl (C=O) groups is 1. The van der Waals surface area contributed by atoms with Gasteiger partial charge >= 0.3 is 6.09 Å². The number of nitrogens with zero attached hydrogens (tertiary/aromatic N) is 4. The molecule has 17 heavy (non-hydrogen) atoms. The average Bonchev–Trinajstić information content (AvgIpc) is 2.89. The van der Waals surface area contributed by atoms with Crippen LogP contribution in [0.25, 0.3) is 0 Å². The highest BCUT2D eigenvalue weighted by atomic mass is 35.5. The summed E-state index contributed by atoms with van der Waals surface area (Å²) in [5, 5.41) is 17.2. The van der Waals surface area contributed by atoms with Crippen molar-refractivity contribution in [2.75, 3.05) is 18.0 Å². The molecule has 1 amide bonds. The summed E-state index contributed by atoms with van der Waals surface area (Å²) in [6, 6.07) is 3.81. The van der Waals surface area contributed by atoms with E-state index in [-0.39, 0.29) is 12.1 Å². The predicted molar refractivity (Wildman–Crippen MR) is 61.3 cm³/mol. The van der Waals surface area contributed by atoms with Crippen molar-refractivity contribution >= 4 is 23.5 Å². The number of rotatable bonds is 1. The fraction of sp³-hybridized carbons (Fsp3) is 0.500. The maximum Gasteiger partial charge on any atom is 0.407 e. The van der Waals surface area contributed by atoms with Crippen LogP contribution in [0.2, 0.25) is 5.15 Å². The minimum Gasteiger partial charge on any atom is -0.465 e. The van der Waals surface area contributed by atoms with Crippen molar-refractivity contribution in [3.63, 3.8) is 0 Å². The largest absolute Gasteiger partial charge is 0.465 e. The Hall–Kier alpha value is -1.56. The highest BCUT2D eigenvalue weighted by molar-refractivity contribution is 6.29. The zero-order valence-electron chi connectivity index (χ0n) is 8.95. The molecular weight excluding hydrogens is 244 g/mol. The van der Waals surface area contributed by atoms with Crippen LogP contribution in [-0.4, -0.2) is 51.5 Å². The van der Waals surface area contributed by atoms with Crippen molar-refractivity contribution in [1.29, 1.82) is 0 Å². The van der Waals surface area contributed by atoms with Crippen LogP contribution in [0.5, 0.6) is 0 Å². The van der Waals surface area contributed by atoms with Gasteiger partial charge in [0.1, 0.15) is 0 Å². The lowest BCUT2D eigenvalue weighted by Crippen LogP contribution is -2.48. The summed E-state index contributed by atoms with van der Waals surface area (Å²) < 4.78 is 0. The number of piperazine rings is 1. The molecule has 2 aliphatic heterocycles. The van der Waals surface area contributed by atoms with Crippen molar-refractivity contribution in [1.82, 2.24) is 15.1 Å². The molecule has 1 aromatic rings. The minimum absolute atomic E-state index is 0.0787. The van der Waals surface area contributed by atoms with Crippen molar-refractivity contribution in [3.8, 4) is 0 Å². The Morgan fingerprint density at radius 3 is 2.71 bits per heavy atom. The first kappa shape index (κ1) is 10.6. The summed E-state index contributed by atoms with van der Waals surface area (Å²) in [4.78, 5) is 14.6. The molecule has 2 saturated heterocycles. The van der Waals surface area contributed by atoms with Crippen LogP contribution < -0.4 is 4.90 Å². The molecule has 1 N–H and O–H groups in total. The van der Waals surface area contributed by atoms with E-state index in [4.69, 9.17) is 16.7 Å². The quantitative estimate of drug-likeness (QED) is 0.812. The molecule has 2 bridgehead atoms. The van der Waals surface area contributed by atoms with Crippen LogP contribution in [0.4, 0.5) is 10.6 Å². The van der Waals surface area contributed by atoms with E-state index in [0.29, 0.717) is 18.2 Å². The van der Waals surface area contributed by atoms with Crippen LogP contribution >= 0.6 is 11.6 Å². The van der Waals surface area contributed by atoms with Gasteiger partial charge in [-0.15, -0.1) is 10.2 Å². The van der Waals surface area contributed by atoms with Crippen molar-refractivity contribution < 1.29 is 9.90 Å². The Kier molecular flexibility index (Phi) is 2.32. The highest BCUT2D eigenvalue weighted by Crippen LogP contribution is 2.33. The Labute approximate surface area is 103 Å². The first-order valence-electron chi connectivity index (χ1n) is 5.40. The number of likely N-dealkylation sites (tertiary alicyclic amines) is 1. The van der Waals surface area contributed by atoms with E-state index in [0.717, 1.165) is 12.2 Å². The lowest BCUT2D eigenvalue weighted by molar-refractivity contribution is 0.137. The lowest BCUT2D eigenvalue weighted by Gasteiger charge is -2.32. The fourth-order valence-corrected chi connectivity index (χ4v) is 2.74. The predicted octanol–water partition coefficient (Wildman–Crippen LogP) is 1.07. The standard InChI is InChI=1S/C10H11ClN4O2/c11-8-1-2-9(13-12-8)14-4-7-3-6(14)5-15(7)10(16)17/h1-2,6-7H,3-5H2,(H,16,17)/t6-,7?/m0/s1. The van der Waals surface area contributed by atoms with Gasteiger partial charge in [-0.2, -0.15) is 0 Å². The second kappa shape index (κ2) is 3.73. The molecule has 2 aliphatic rings. The van der Waals surface area contributed by atoms with Crippen LogP contribution in [0, 0.1) is 0 Å². The van der Waals surface area contributed by atoms with Crippen LogP contribution in [0.1, 0.15) is 6.42 Å². The van der Waals surface area contributed by atoms with Crippen molar-refractivity contribution in [3.05, 3.63) is 17.3 Å². The topological polar surface area (TPSA) is 69.6 Å². The first-order chi connectivity index (χ1) is 8.15. The van der Waals surface area contributed by atoms with E-state index in [9.17, 15) is 4.79 Å². The number of hydrogen-bond donors (Lipinski definition) is 1. The molecule has 1 aromatic heterocycles. The number of fused-ring (bicyclic) bond motifs is 2. The first-order valence-corrected chi connectivity index (χ1v) is 5.78. The summed E-state index contributed by atoms with van der Waals surface area (Å²) in [6.45, 7) is 1.23. The molecule has 0 aliphatic carbocycles. The van der Waals surface area contributed by atoms with Gasteiger partial charge < -0.3 is 14.9 Å². The monoisotopic (exact) mass is 254 g/mol. The summed E-state index contributed by atoms with van der Waals surface area (Å²) in [5.74, 6) is 0.770. The van der Waals surface area contributed by atoms with E-state index in [1.54, 1.807) is 6.07 Å². The van der Waals surface area contributed by atoms with Crippen molar-refractivity contribution in [2.24, 2.45) is 0 Å². The molecule has 2 atom stereocenters. The molecule has 6 nitrogen and oxygen atoms in total. The molecule has 0 aromatic carbocycles. The van der Waals surface area contributed by atoms with Gasteiger partial charge in [0.2, 0.25) is 0 Å². The van der Waals surface area contributed by atoms with Crippen molar-refractivity contribution in [2.45, 2.75) is 18.5 Å². The number of carboxylic acid groups (broad SMARTS) is 1. The van der Waals surface area contributed by atoms with Crippen LogP contribution in [-0.2, 0) is 0 Å². The van der Waals surface area contributed by atoms with Gasteiger partial charge in [-0.1, -0.05) is 11.6 Å². The van der Waals surface area contributed by atoms with E-state index in [2.05, 4.69) is 15.1 Å². The second-order valence-electron chi connectivity index (χ2n) is 4.34. The smallest absolute Gasteiger partial charge is 0.407 e. The van der Waals surface area contributed by atoms with E-state index < -0.39 is 6.09 Å². The molecule has 7 heteroatoms. The van der Waals surface area contributed by atoms with E-state index in [1.807, 2.05) is 6.07 Å². The van der Waals surface area contributed by atoms with Gasteiger partial charge in [0.05, 0.1) is 12.1 Å².